The number of carbonyl (C=O) groups excluding carboxylic acids is 1. The van der Waals surface area contributed by atoms with Gasteiger partial charge in [0.05, 0.1) is 6.04 Å². The summed E-state index contributed by atoms with van der Waals surface area (Å²) in [5.41, 5.74) is 0. The lowest BCUT2D eigenvalue weighted by molar-refractivity contribution is -0.122. The molecule has 0 fully saturated rings. The first-order valence-electron chi connectivity index (χ1n) is 4.45. The minimum Gasteiger partial charge on any atom is -0.351 e. The van der Waals surface area contributed by atoms with Gasteiger partial charge in [-0.15, -0.1) is 13.2 Å². The molecule has 1 unspecified atom stereocenters. The molecule has 0 spiro atoms. The largest absolute Gasteiger partial charge is 0.351 e. The zero-order chi connectivity index (χ0) is 10.1. The molecule has 1 atom stereocenters. The highest BCUT2D eigenvalue weighted by Gasteiger charge is 2.09. The number of nitrogens with one attached hydrogen (secondary N) is 2. The topological polar surface area (TPSA) is 41.1 Å². The minimum atomic E-state index is -0.153. The lowest BCUT2D eigenvalue weighted by Crippen LogP contribution is -2.42. The fourth-order valence-corrected chi connectivity index (χ4v) is 0.820. The molecule has 0 heterocycles. The first-order chi connectivity index (χ1) is 6.22. The molecule has 13 heavy (non-hydrogen) atoms. The second-order valence-electron chi connectivity index (χ2n) is 2.79. The second kappa shape index (κ2) is 7.55. The highest BCUT2D eigenvalue weighted by atomic mass is 16.2. The van der Waals surface area contributed by atoms with Crippen molar-refractivity contribution in [1.29, 1.82) is 0 Å². The van der Waals surface area contributed by atoms with E-state index in [2.05, 4.69) is 23.8 Å². The van der Waals surface area contributed by atoms with E-state index in [1.165, 1.54) is 0 Å². The molecule has 0 saturated carbocycles. The normalized spacial score (nSPS) is 11.8. The molecule has 2 N–H and O–H groups in total. The van der Waals surface area contributed by atoms with Crippen molar-refractivity contribution in [3.05, 3.63) is 25.3 Å². The van der Waals surface area contributed by atoms with Crippen LogP contribution in [0.1, 0.15) is 13.3 Å². The summed E-state index contributed by atoms with van der Waals surface area (Å²) in [7, 11) is 0. The smallest absolute Gasteiger partial charge is 0.237 e. The van der Waals surface area contributed by atoms with Crippen molar-refractivity contribution in [3.63, 3.8) is 0 Å². The minimum absolute atomic E-state index is 0.00367. The number of rotatable bonds is 7. The van der Waals surface area contributed by atoms with Crippen molar-refractivity contribution < 1.29 is 4.79 Å². The molecule has 0 radical (unpaired) electrons. The van der Waals surface area contributed by atoms with Gasteiger partial charge in [0, 0.05) is 6.54 Å². The van der Waals surface area contributed by atoms with Crippen LogP contribution in [0.2, 0.25) is 0 Å². The standard InChI is InChI=1S/C10H18N2O/c1-4-6-8-11-9(3)10(13)12-7-5-2/h4-5,9,11H,1-2,6-8H2,3H3,(H,12,13). The van der Waals surface area contributed by atoms with Crippen molar-refractivity contribution in [2.45, 2.75) is 19.4 Å². The Bertz CT molecular complexity index is 178. The fraction of sp³-hybridized carbons (Fsp3) is 0.500. The van der Waals surface area contributed by atoms with Crippen LogP contribution in [0.15, 0.2) is 25.3 Å². The van der Waals surface area contributed by atoms with E-state index in [4.69, 9.17) is 0 Å². The van der Waals surface area contributed by atoms with Crippen LogP contribution in [0, 0.1) is 0 Å². The molecular weight excluding hydrogens is 164 g/mol. The maximum absolute atomic E-state index is 11.2. The maximum Gasteiger partial charge on any atom is 0.237 e. The van der Waals surface area contributed by atoms with Gasteiger partial charge in [0.25, 0.3) is 0 Å². The van der Waals surface area contributed by atoms with Crippen LogP contribution in [-0.2, 0) is 4.79 Å². The molecule has 0 aromatic heterocycles. The van der Waals surface area contributed by atoms with Gasteiger partial charge in [-0.1, -0.05) is 12.2 Å². The van der Waals surface area contributed by atoms with Crippen molar-refractivity contribution in [2.75, 3.05) is 13.1 Å². The third kappa shape index (κ3) is 6.11. The predicted octanol–water partition coefficient (Wildman–Crippen LogP) is 0.843. The van der Waals surface area contributed by atoms with Crippen LogP contribution in [0.25, 0.3) is 0 Å². The summed E-state index contributed by atoms with van der Waals surface area (Å²) in [6.07, 6.45) is 4.36. The number of hydrogen-bond acceptors (Lipinski definition) is 2. The molecule has 74 valence electrons. The molecule has 0 aliphatic carbocycles. The van der Waals surface area contributed by atoms with Gasteiger partial charge in [0.2, 0.25) is 5.91 Å². The quantitative estimate of drug-likeness (QED) is 0.452. The molecule has 0 bridgehead atoms. The van der Waals surface area contributed by atoms with E-state index in [1.807, 2.05) is 13.0 Å². The summed E-state index contributed by atoms with van der Waals surface area (Å²) in [5.74, 6) is 0.00367. The van der Waals surface area contributed by atoms with E-state index in [9.17, 15) is 4.79 Å². The second-order valence-corrected chi connectivity index (χ2v) is 2.79. The van der Waals surface area contributed by atoms with Crippen LogP contribution < -0.4 is 10.6 Å². The van der Waals surface area contributed by atoms with Crippen LogP contribution >= 0.6 is 0 Å². The number of carbonyl (C=O) groups is 1. The molecule has 0 saturated heterocycles. The summed E-state index contributed by atoms with van der Waals surface area (Å²) < 4.78 is 0. The number of amides is 1. The molecular formula is C10H18N2O. The molecule has 3 nitrogen and oxygen atoms in total. The van der Waals surface area contributed by atoms with Gasteiger partial charge in [-0.25, -0.2) is 0 Å². The average molecular weight is 182 g/mol. The highest BCUT2D eigenvalue weighted by molar-refractivity contribution is 5.81. The maximum atomic E-state index is 11.2. The number of hydrogen-bond donors (Lipinski definition) is 2. The Balaban J connectivity index is 3.55. The van der Waals surface area contributed by atoms with Gasteiger partial charge in [0.1, 0.15) is 0 Å². The van der Waals surface area contributed by atoms with Crippen LogP contribution in [0.3, 0.4) is 0 Å². The van der Waals surface area contributed by atoms with Gasteiger partial charge in [-0.2, -0.15) is 0 Å². The fourth-order valence-electron chi connectivity index (χ4n) is 0.820. The lowest BCUT2D eigenvalue weighted by Gasteiger charge is -2.12. The van der Waals surface area contributed by atoms with Crippen molar-refractivity contribution in [3.8, 4) is 0 Å². The molecule has 0 aliphatic heterocycles. The highest BCUT2D eigenvalue weighted by Crippen LogP contribution is 1.83. The molecule has 0 aromatic carbocycles. The first-order valence-corrected chi connectivity index (χ1v) is 4.45. The summed E-state index contributed by atoms with van der Waals surface area (Å²) in [6.45, 7) is 10.3. The van der Waals surface area contributed by atoms with Gasteiger partial charge in [-0.05, 0) is 19.9 Å². The Morgan fingerprint density at radius 3 is 2.69 bits per heavy atom. The van der Waals surface area contributed by atoms with E-state index >= 15 is 0 Å². The molecule has 0 aromatic rings. The van der Waals surface area contributed by atoms with Crippen molar-refractivity contribution >= 4 is 5.91 Å². The monoisotopic (exact) mass is 182 g/mol. The zero-order valence-electron chi connectivity index (χ0n) is 8.18. The van der Waals surface area contributed by atoms with Gasteiger partial charge in [-0.3, -0.25) is 4.79 Å². The molecule has 0 rings (SSSR count). The van der Waals surface area contributed by atoms with Gasteiger partial charge < -0.3 is 10.6 Å². The third-order valence-electron chi connectivity index (χ3n) is 1.61. The van der Waals surface area contributed by atoms with Crippen LogP contribution in [0.5, 0.6) is 0 Å². The van der Waals surface area contributed by atoms with E-state index < -0.39 is 0 Å². The van der Waals surface area contributed by atoms with E-state index in [-0.39, 0.29) is 11.9 Å². The van der Waals surface area contributed by atoms with E-state index in [0.29, 0.717) is 6.54 Å². The summed E-state index contributed by atoms with van der Waals surface area (Å²) in [5, 5.41) is 5.79. The average Bonchev–Trinajstić information content (AvgIpc) is 2.14. The Morgan fingerprint density at radius 2 is 2.15 bits per heavy atom. The van der Waals surface area contributed by atoms with E-state index in [1.54, 1.807) is 6.08 Å². The SMILES string of the molecule is C=CCCNC(C)C(=O)NCC=C. The van der Waals surface area contributed by atoms with Gasteiger partial charge in [0.15, 0.2) is 0 Å². The van der Waals surface area contributed by atoms with Crippen LogP contribution in [-0.4, -0.2) is 25.0 Å². The first kappa shape index (κ1) is 11.9. The third-order valence-corrected chi connectivity index (χ3v) is 1.61. The Morgan fingerprint density at radius 1 is 1.46 bits per heavy atom. The van der Waals surface area contributed by atoms with Crippen molar-refractivity contribution in [2.24, 2.45) is 0 Å². The van der Waals surface area contributed by atoms with Gasteiger partial charge >= 0.3 is 0 Å². The van der Waals surface area contributed by atoms with E-state index in [0.717, 1.165) is 13.0 Å². The molecule has 1 amide bonds. The van der Waals surface area contributed by atoms with Crippen molar-refractivity contribution in [1.82, 2.24) is 10.6 Å². The van der Waals surface area contributed by atoms with Crippen LogP contribution in [0.4, 0.5) is 0 Å². The summed E-state index contributed by atoms with van der Waals surface area (Å²) in [4.78, 5) is 11.2. The lowest BCUT2D eigenvalue weighted by atomic mass is 10.3. The Labute approximate surface area is 79.9 Å². The zero-order valence-corrected chi connectivity index (χ0v) is 8.18. The molecule has 0 aliphatic rings. The summed E-state index contributed by atoms with van der Waals surface area (Å²) >= 11 is 0. The summed E-state index contributed by atoms with van der Waals surface area (Å²) in [6, 6.07) is -0.153. The molecule has 3 heteroatoms. The Hall–Kier alpha value is -1.09. The predicted molar refractivity (Wildman–Crippen MR) is 55.5 cm³/mol. The Kier molecular flexibility index (Phi) is 6.92.